The topological polar surface area (TPSA) is 20.3 Å². The molecule has 0 bridgehead atoms. The largest absolute Gasteiger partial charge is 0.292 e. The van der Waals surface area contributed by atoms with E-state index >= 15 is 0 Å². The SMILES string of the molecule is CCCN(CC)C(C)(C)C(=O)c1ccc(C)cc1. The number of hydrogen-bond donors (Lipinski definition) is 0. The van der Waals surface area contributed by atoms with Crippen LogP contribution in [0.5, 0.6) is 0 Å². The minimum Gasteiger partial charge on any atom is -0.292 e. The van der Waals surface area contributed by atoms with E-state index in [-0.39, 0.29) is 5.78 Å². The Balaban J connectivity index is 2.96. The van der Waals surface area contributed by atoms with Gasteiger partial charge in [0.05, 0.1) is 5.54 Å². The number of hydrogen-bond acceptors (Lipinski definition) is 2. The molecule has 1 aromatic carbocycles. The van der Waals surface area contributed by atoms with E-state index in [0.717, 1.165) is 25.1 Å². The first-order valence-electron chi connectivity index (χ1n) is 6.80. The van der Waals surface area contributed by atoms with E-state index in [1.54, 1.807) is 0 Å². The number of carbonyl (C=O) groups is 1. The zero-order chi connectivity index (χ0) is 13.8. The van der Waals surface area contributed by atoms with E-state index in [1.165, 1.54) is 5.56 Å². The lowest BCUT2D eigenvalue weighted by Gasteiger charge is -2.36. The van der Waals surface area contributed by atoms with Gasteiger partial charge >= 0.3 is 0 Å². The highest BCUT2D eigenvalue weighted by molar-refractivity contribution is 6.02. The molecule has 1 aromatic rings. The van der Waals surface area contributed by atoms with Crippen LogP contribution in [-0.2, 0) is 0 Å². The Morgan fingerprint density at radius 3 is 2.17 bits per heavy atom. The summed E-state index contributed by atoms with van der Waals surface area (Å²) >= 11 is 0. The summed E-state index contributed by atoms with van der Waals surface area (Å²) in [7, 11) is 0. The summed E-state index contributed by atoms with van der Waals surface area (Å²) in [4.78, 5) is 14.9. The van der Waals surface area contributed by atoms with E-state index < -0.39 is 5.54 Å². The zero-order valence-corrected chi connectivity index (χ0v) is 12.3. The van der Waals surface area contributed by atoms with E-state index in [1.807, 2.05) is 45.0 Å². The van der Waals surface area contributed by atoms with Crippen molar-refractivity contribution in [3.05, 3.63) is 35.4 Å². The van der Waals surface area contributed by atoms with Gasteiger partial charge in [-0.3, -0.25) is 9.69 Å². The van der Waals surface area contributed by atoms with E-state index in [9.17, 15) is 4.79 Å². The second kappa shape index (κ2) is 6.14. The van der Waals surface area contributed by atoms with Crippen LogP contribution in [0.4, 0.5) is 0 Å². The van der Waals surface area contributed by atoms with E-state index in [0.29, 0.717) is 0 Å². The molecule has 0 aliphatic carbocycles. The van der Waals surface area contributed by atoms with Crippen molar-refractivity contribution < 1.29 is 4.79 Å². The maximum absolute atomic E-state index is 12.6. The molecule has 0 aliphatic rings. The number of carbonyl (C=O) groups excluding carboxylic acids is 1. The van der Waals surface area contributed by atoms with Crippen LogP contribution in [0, 0.1) is 6.92 Å². The molecule has 0 heterocycles. The fraction of sp³-hybridized carbons (Fsp3) is 0.562. The quantitative estimate of drug-likeness (QED) is 0.715. The molecule has 2 nitrogen and oxygen atoms in total. The third kappa shape index (κ3) is 3.20. The second-order valence-electron chi connectivity index (χ2n) is 5.33. The second-order valence-corrected chi connectivity index (χ2v) is 5.33. The van der Waals surface area contributed by atoms with E-state index in [2.05, 4.69) is 18.7 Å². The molecular formula is C16H25NO. The summed E-state index contributed by atoms with van der Waals surface area (Å²) in [5.74, 6) is 0.206. The van der Waals surface area contributed by atoms with Gasteiger partial charge in [-0.1, -0.05) is 43.7 Å². The molecule has 0 aliphatic heterocycles. The maximum Gasteiger partial charge on any atom is 0.182 e. The average Bonchev–Trinajstić information content (AvgIpc) is 2.35. The van der Waals surface area contributed by atoms with Crippen LogP contribution >= 0.6 is 0 Å². The van der Waals surface area contributed by atoms with Gasteiger partial charge in [0.2, 0.25) is 0 Å². The fourth-order valence-electron chi connectivity index (χ4n) is 2.30. The predicted octanol–water partition coefficient (Wildman–Crippen LogP) is 3.69. The van der Waals surface area contributed by atoms with Gasteiger partial charge in [0.25, 0.3) is 0 Å². The highest BCUT2D eigenvalue weighted by atomic mass is 16.1. The van der Waals surface area contributed by atoms with Crippen LogP contribution in [0.3, 0.4) is 0 Å². The minimum absolute atomic E-state index is 0.206. The molecule has 0 aromatic heterocycles. The third-order valence-corrected chi connectivity index (χ3v) is 3.54. The summed E-state index contributed by atoms with van der Waals surface area (Å²) < 4.78 is 0. The number of benzene rings is 1. The van der Waals surface area contributed by atoms with Crippen LogP contribution in [0.15, 0.2) is 24.3 Å². The Hall–Kier alpha value is -1.15. The van der Waals surface area contributed by atoms with Crippen LogP contribution in [0.25, 0.3) is 0 Å². The maximum atomic E-state index is 12.6. The first-order chi connectivity index (χ1) is 8.43. The lowest BCUT2D eigenvalue weighted by molar-refractivity contribution is 0.0654. The van der Waals surface area contributed by atoms with Crippen molar-refractivity contribution >= 4 is 5.78 Å². The summed E-state index contributed by atoms with van der Waals surface area (Å²) in [6, 6.07) is 7.86. The summed E-state index contributed by atoms with van der Waals surface area (Å²) in [6.07, 6.45) is 1.07. The molecular weight excluding hydrogens is 222 g/mol. The Morgan fingerprint density at radius 2 is 1.72 bits per heavy atom. The molecule has 0 atom stereocenters. The summed E-state index contributed by atoms with van der Waals surface area (Å²) in [6.45, 7) is 12.2. The number of nitrogens with zero attached hydrogens (tertiary/aromatic N) is 1. The Labute approximate surface area is 111 Å². The fourth-order valence-corrected chi connectivity index (χ4v) is 2.30. The molecule has 18 heavy (non-hydrogen) atoms. The van der Waals surface area contributed by atoms with Gasteiger partial charge in [0, 0.05) is 5.56 Å². The van der Waals surface area contributed by atoms with Crippen LogP contribution in [-0.4, -0.2) is 29.3 Å². The number of ketones is 1. The average molecular weight is 247 g/mol. The molecule has 0 saturated carbocycles. The third-order valence-electron chi connectivity index (χ3n) is 3.54. The predicted molar refractivity (Wildman–Crippen MR) is 77.1 cm³/mol. The molecule has 100 valence electrons. The number of rotatable bonds is 6. The van der Waals surface area contributed by atoms with Gasteiger partial charge in [0.15, 0.2) is 5.78 Å². The van der Waals surface area contributed by atoms with Crippen molar-refractivity contribution in [2.75, 3.05) is 13.1 Å². The monoisotopic (exact) mass is 247 g/mol. The first-order valence-corrected chi connectivity index (χ1v) is 6.80. The van der Waals surface area contributed by atoms with Gasteiger partial charge in [-0.25, -0.2) is 0 Å². The van der Waals surface area contributed by atoms with Gasteiger partial charge in [-0.05, 0) is 40.3 Å². The molecule has 0 spiro atoms. The lowest BCUT2D eigenvalue weighted by atomic mass is 9.90. The Morgan fingerprint density at radius 1 is 1.17 bits per heavy atom. The van der Waals surface area contributed by atoms with Gasteiger partial charge < -0.3 is 0 Å². The number of aryl methyl sites for hydroxylation is 1. The van der Waals surface area contributed by atoms with Crippen LogP contribution in [0.1, 0.15) is 50.0 Å². The van der Waals surface area contributed by atoms with Crippen LogP contribution < -0.4 is 0 Å². The first kappa shape index (κ1) is 14.9. The number of Topliss-reactive ketones (excluding diaryl/α,β-unsaturated/α-hetero) is 1. The summed E-state index contributed by atoms with van der Waals surface area (Å²) in [5, 5.41) is 0. The van der Waals surface area contributed by atoms with Crippen molar-refractivity contribution in [1.82, 2.24) is 4.90 Å². The van der Waals surface area contributed by atoms with Crippen molar-refractivity contribution in [2.24, 2.45) is 0 Å². The van der Waals surface area contributed by atoms with Gasteiger partial charge in [-0.2, -0.15) is 0 Å². The normalized spacial score (nSPS) is 11.9. The minimum atomic E-state index is -0.431. The number of likely N-dealkylation sites (N-methyl/N-ethyl adjacent to an activating group) is 1. The molecule has 2 heteroatoms. The highest BCUT2D eigenvalue weighted by Crippen LogP contribution is 2.21. The Bertz CT molecular complexity index is 392. The molecule has 0 unspecified atom stereocenters. The van der Waals surface area contributed by atoms with Crippen molar-refractivity contribution in [2.45, 2.75) is 46.6 Å². The lowest BCUT2D eigenvalue weighted by Crippen LogP contribution is -2.50. The summed E-state index contributed by atoms with van der Waals surface area (Å²) in [5.41, 5.74) is 1.56. The van der Waals surface area contributed by atoms with Crippen LogP contribution in [0.2, 0.25) is 0 Å². The smallest absolute Gasteiger partial charge is 0.182 e. The molecule has 0 radical (unpaired) electrons. The molecule has 0 fully saturated rings. The molecule has 1 rings (SSSR count). The van der Waals surface area contributed by atoms with Crippen molar-refractivity contribution in [1.29, 1.82) is 0 Å². The van der Waals surface area contributed by atoms with Gasteiger partial charge in [0.1, 0.15) is 0 Å². The molecule has 0 saturated heterocycles. The van der Waals surface area contributed by atoms with Crippen molar-refractivity contribution in [3.8, 4) is 0 Å². The molecule has 0 amide bonds. The zero-order valence-electron chi connectivity index (χ0n) is 12.3. The van der Waals surface area contributed by atoms with Crippen molar-refractivity contribution in [3.63, 3.8) is 0 Å². The molecule has 0 N–H and O–H groups in total. The standard InChI is InChI=1S/C16H25NO/c1-6-12-17(7-2)16(4,5)15(18)14-10-8-13(3)9-11-14/h8-11H,6-7,12H2,1-5H3. The van der Waals surface area contributed by atoms with Gasteiger partial charge in [-0.15, -0.1) is 0 Å². The van der Waals surface area contributed by atoms with E-state index in [4.69, 9.17) is 0 Å². The Kier molecular flexibility index (Phi) is 5.09. The highest BCUT2D eigenvalue weighted by Gasteiger charge is 2.33.